The topological polar surface area (TPSA) is 38.4 Å². The standard InChI is InChI=1S/C44H40N2O/c1-43(2,3)34-23-21-29(22-24-34)31-15-12-16-32(25-31)38-26-35(44(4,5)6)27-40-41(38)46-42(47-40)37-19-9-10-20-39(37)45-28-33-17-11-14-30-13-7-8-18-36(30)33/h7-28H,1-6H3. The highest BCUT2D eigenvalue weighted by atomic mass is 16.3. The van der Waals surface area contributed by atoms with E-state index in [1.807, 2.05) is 30.5 Å². The van der Waals surface area contributed by atoms with Gasteiger partial charge in [0.1, 0.15) is 5.52 Å². The summed E-state index contributed by atoms with van der Waals surface area (Å²) in [5.41, 5.74) is 11.5. The third kappa shape index (κ3) is 6.14. The summed E-state index contributed by atoms with van der Waals surface area (Å²) in [4.78, 5) is 10.1. The molecule has 47 heavy (non-hydrogen) atoms. The van der Waals surface area contributed by atoms with Crippen LogP contribution in [0.3, 0.4) is 0 Å². The maximum atomic E-state index is 6.59. The van der Waals surface area contributed by atoms with E-state index in [0.29, 0.717) is 5.89 Å². The van der Waals surface area contributed by atoms with Gasteiger partial charge in [0, 0.05) is 17.3 Å². The van der Waals surface area contributed by atoms with Gasteiger partial charge in [-0.1, -0.05) is 139 Å². The summed E-state index contributed by atoms with van der Waals surface area (Å²) in [6.45, 7) is 13.5. The number of rotatable bonds is 5. The Balaban J connectivity index is 1.32. The highest BCUT2D eigenvalue weighted by Gasteiger charge is 2.22. The van der Waals surface area contributed by atoms with Crippen molar-refractivity contribution in [1.29, 1.82) is 0 Å². The first-order chi connectivity index (χ1) is 22.5. The summed E-state index contributed by atoms with van der Waals surface area (Å²) in [6, 6.07) is 44.9. The second kappa shape index (κ2) is 11.8. The smallest absolute Gasteiger partial charge is 0.229 e. The first-order valence-electron chi connectivity index (χ1n) is 16.3. The summed E-state index contributed by atoms with van der Waals surface area (Å²) in [7, 11) is 0. The van der Waals surface area contributed by atoms with Crippen LogP contribution in [0.1, 0.15) is 58.2 Å². The molecule has 0 unspecified atom stereocenters. The lowest BCUT2D eigenvalue weighted by atomic mass is 9.84. The number of benzene rings is 6. The van der Waals surface area contributed by atoms with Gasteiger partial charge in [0.25, 0.3) is 0 Å². The number of oxazole rings is 1. The van der Waals surface area contributed by atoms with E-state index in [1.165, 1.54) is 33.0 Å². The fraction of sp³-hybridized carbons (Fsp3) is 0.182. The summed E-state index contributed by atoms with van der Waals surface area (Å²) in [5.74, 6) is 0.562. The van der Waals surface area contributed by atoms with Crippen molar-refractivity contribution in [2.75, 3.05) is 0 Å². The Morgan fingerprint density at radius 3 is 2.04 bits per heavy atom. The molecule has 0 spiro atoms. The number of nitrogens with zero attached hydrogens (tertiary/aromatic N) is 2. The summed E-state index contributed by atoms with van der Waals surface area (Å²) in [6.07, 6.45) is 1.94. The number of hydrogen-bond donors (Lipinski definition) is 0. The normalized spacial score (nSPS) is 12.4. The number of para-hydroxylation sites is 1. The molecule has 1 heterocycles. The van der Waals surface area contributed by atoms with E-state index in [1.54, 1.807) is 0 Å². The van der Waals surface area contributed by atoms with E-state index in [-0.39, 0.29) is 10.8 Å². The molecule has 0 bridgehead atoms. The van der Waals surface area contributed by atoms with Gasteiger partial charge in [-0.25, -0.2) is 4.98 Å². The maximum absolute atomic E-state index is 6.59. The predicted octanol–water partition coefficient (Wildman–Crippen LogP) is 12.3. The Labute approximate surface area is 277 Å². The molecule has 1 aromatic heterocycles. The number of hydrogen-bond acceptors (Lipinski definition) is 3. The van der Waals surface area contributed by atoms with Crippen molar-refractivity contribution in [2.45, 2.75) is 52.4 Å². The van der Waals surface area contributed by atoms with E-state index < -0.39 is 0 Å². The van der Waals surface area contributed by atoms with Crippen LogP contribution in [0.15, 0.2) is 137 Å². The SMILES string of the molecule is CC(C)(C)c1ccc(-c2cccc(-c3cc(C(C)(C)C)cc4oc(-c5ccccc5N=Cc5cccc6ccccc56)nc34)c2)cc1. The minimum absolute atomic E-state index is 0.0725. The van der Waals surface area contributed by atoms with Gasteiger partial charge in [-0.2, -0.15) is 0 Å². The molecule has 0 saturated carbocycles. The van der Waals surface area contributed by atoms with Gasteiger partial charge >= 0.3 is 0 Å². The van der Waals surface area contributed by atoms with Crippen LogP contribution in [0, 0.1) is 0 Å². The molecular formula is C44H40N2O. The Hall–Kier alpha value is -5.28. The zero-order chi connectivity index (χ0) is 32.8. The van der Waals surface area contributed by atoms with Gasteiger partial charge in [0.05, 0.1) is 11.3 Å². The molecule has 0 N–H and O–H groups in total. The number of aliphatic imine (C=N–C) groups is 1. The molecule has 0 aliphatic heterocycles. The third-order valence-electron chi connectivity index (χ3n) is 8.92. The van der Waals surface area contributed by atoms with Gasteiger partial charge in [0.2, 0.25) is 5.89 Å². The Kier molecular flexibility index (Phi) is 7.64. The Bertz CT molecular complexity index is 2250. The maximum Gasteiger partial charge on any atom is 0.229 e. The lowest BCUT2D eigenvalue weighted by Gasteiger charge is -2.20. The summed E-state index contributed by atoms with van der Waals surface area (Å²) < 4.78 is 6.59. The van der Waals surface area contributed by atoms with Crippen LogP contribution < -0.4 is 0 Å². The molecule has 232 valence electrons. The first kappa shape index (κ1) is 30.4. The average molecular weight is 613 g/mol. The predicted molar refractivity (Wildman–Crippen MR) is 199 cm³/mol. The molecule has 0 aliphatic rings. The van der Waals surface area contributed by atoms with Gasteiger partial charge in [0.15, 0.2) is 5.58 Å². The van der Waals surface area contributed by atoms with Crippen LogP contribution in [0.4, 0.5) is 5.69 Å². The van der Waals surface area contributed by atoms with Crippen LogP contribution >= 0.6 is 0 Å². The highest BCUT2D eigenvalue weighted by Crippen LogP contribution is 2.39. The van der Waals surface area contributed by atoms with Crippen molar-refractivity contribution >= 4 is 33.8 Å². The van der Waals surface area contributed by atoms with Crippen molar-refractivity contribution in [3.63, 3.8) is 0 Å². The molecule has 3 nitrogen and oxygen atoms in total. The van der Waals surface area contributed by atoms with E-state index in [0.717, 1.165) is 39.0 Å². The Morgan fingerprint density at radius 1 is 0.574 bits per heavy atom. The van der Waals surface area contributed by atoms with Crippen LogP contribution in [-0.4, -0.2) is 11.2 Å². The first-order valence-corrected chi connectivity index (χ1v) is 16.3. The fourth-order valence-corrected chi connectivity index (χ4v) is 6.10. The van der Waals surface area contributed by atoms with Crippen LogP contribution in [0.5, 0.6) is 0 Å². The van der Waals surface area contributed by atoms with Crippen LogP contribution in [0.25, 0.3) is 55.6 Å². The Morgan fingerprint density at radius 2 is 1.26 bits per heavy atom. The van der Waals surface area contributed by atoms with E-state index in [2.05, 4.69) is 145 Å². The van der Waals surface area contributed by atoms with Crippen LogP contribution in [-0.2, 0) is 10.8 Å². The van der Waals surface area contributed by atoms with Crippen molar-refractivity contribution in [3.05, 3.63) is 144 Å². The van der Waals surface area contributed by atoms with Crippen molar-refractivity contribution in [3.8, 4) is 33.7 Å². The van der Waals surface area contributed by atoms with E-state index in [4.69, 9.17) is 14.4 Å². The number of fused-ring (bicyclic) bond motifs is 2. The van der Waals surface area contributed by atoms with E-state index >= 15 is 0 Å². The third-order valence-corrected chi connectivity index (χ3v) is 8.92. The number of aromatic nitrogens is 1. The molecular weight excluding hydrogens is 572 g/mol. The molecule has 0 atom stereocenters. The summed E-state index contributed by atoms with van der Waals surface area (Å²) >= 11 is 0. The summed E-state index contributed by atoms with van der Waals surface area (Å²) in [5, 5.41) is 2.36. The average Bonchev–Trinajstić information content (AvgIpc) is 3.51. The van der Waals surface area contributed by atoms with Crippen LogP contribution in [0.2, 0.25) is 0 Å². The quantitative estimate of drug-likeness (QED) is 0.181. The minimum Gasteiger partial charge on any atom is -0.436 e. The van der Waals surface area contributed by atoms with Crippen molar-refractivity contribution in [1.82, 2.24) is 4.98 Å². The van der Waals surface area contributed by atoms with E-state index in [9.17, 15) is 0 Å². The van der Waals surface area contributed by atoms with Gasteiger partial charge in [-0.3, -0.25) is 4.99 Å². The zero-order valence-corrected chi connectivity index (χ0v) is 28.0. The lowest BCUT2D eigenvalue weighted by molar-refractivity contribution is 0.584. The van der Waals surface area contributed by atoms with Crippen molar-refractivity contribution in [2.24, 2.45) is 4.99 Å². The molecule has 7 rings (SSSR count). The second-order valence-corrected chi connectivity index (χ2v) is 14.4. The minimum atomic E-state index is -0.0725. The fourth-order valence-electron chi connectivity index (χ4n) is 6.10. The molecule has 6 aromatic carbocycles. The highest BCUT2D eigenvalue weighted by molar-refractivity contribution is 6.01. The largest absolute Gasteiger partial charge is 0.436 e. The van der Waals surface area contributed by atoms with Gasteiger partial charge < -0.3 is 4.42 Å². The van der Waals surface area contributed by atoms with Gasteiger partial charge in [-0.15, -0.1) is 0 Å². The monoisotopic (exact) mass is 612 g/mol. The molecule has 3 heteroatoms. The second-order valence-electron chi connectivity index (χ2n) is 14.4. The molecule has 0 radical (unpaired) electrons. The van der Waals surface area contributed by atoms with Gasteiger partial charge in [-0.05, 0) is 79.8 Å². The molecule has 7 aromatic rings. The molecule has 0 aliphatic carbocycles. The van der Waals surface area contributed by atoms with Crippen molar-refractivity contribution < 1.29 is 4.42 Å². The molecule has 0 saturated heterocycles. The molecule has 0 fully saturated rings. The zero-order valence-electron chi connectivity index (χ0n) is 28.0. The lowest BCUT2D eigenvalue weighted by Crippen LogP contribution is -2.11. The molecule has 0 amide bonds.